The number of ether oxygens (including phenoxy) is 1. The van der Waals surface area contributed by atoms with Crippen molar-refractivity contribution in [3.63, 3.8) is 0 Å². The average molecular weight is 441 g/mol. The molecular weight excluding hydrogens is 416 g/mol. The molecule has 2 bridgehead atoms. The van der Waals surface area contributed by atoms with Gasteiger partial charge in [0.1, 0.15) is 12.4 Å². The first-order valence-corrected chi connectivity index (χ1v) is 10.1. The van der Waals surface area contributed by atoms with Gasteiger partial charge >= 0.3 is 6.09 Å². The van der Waals surface area contributed by atoms with E-state index in [1.165, 1.54) is 19.3 Å². The number of rotatable bonds is 5. The first-order valence-electron chi connectivity index (χ1n) is 10.1. The second-order valence-corrected chi connectivity index (χ2v) is 7.73. The predicted molar refractivity (Wildman–Crippen MR) is 121 cm³/mol. The van der Waals surface area contributed by atoms with Crippen LogP contribution in [0.25, 0.3) is 0 Å². The lowest BCUT2D eigenvalue weighted by atomic mass is 9.95. The van der Waals surface area contributed by atoms with E-state index in [4.69, 9.17) is 10.00 Å². The Morgan fingerprint density at radius 1 is 1.16 bits per heavy atom. The monoisotopic (exact) mass is 440 g/mol. The molecule has 2 fully saturated rings. The van der Waals surface area contributed by atoms with Gasteiger partial charge in [-0.2, -0.15) is 5.26 Å². The van der Waals surface area contributed by atoms with Crippen molar-refractivity contribution in [2.45, 2.75) is 38.3 Å². The molecule has 1 aromatic heterocycles. The molecule has 0 aliphatic heterocycles. The van der Waals surface area contributed by atoms with Crippen LogP contribution >= 0.6 is 12.4 Å². The fraction of sp³-hybridized carbons (Fsp3) is 0.364. The molecule has 0 saturated heterocycles. The third-order valence-electron chi connectivity index (χ3n) is 5.69. The van der Waals surface area contributed by atoms with Gasteiger partial charge in [-0.25, -0.2) is 9.78 Å². The Hall–Kier alpha value is -3.31. The van der Waals surface area contributed by atoms with Crippen LogP contribution in [0.15, 0.2) is 53.7 Å². The van der Waals surface area contributed by atoms with E-state index in [0.29, 0.717) is 29.4 Å². The molecule has 1 aromatic carbocycles. The SMILES string of the molecule is Cl.N#CN=C(Nc1ccc(NC(=O)OCc2ccccc2)nc1)NC1CC2CCC1C2. The highest BCUT2D eigenvalue weighted by atomic mass is 35.5. The summed E-state index contributed by atoms with van der Waals surface area (Å²) < 4.78 is 5.19. The zero-order chi connectivity index (χ0) is 20.8. The number of halogens is 1. The van der Waals surface area contributed by atoms with Gasteiger partial charge in [-0.15, -0.1) is 17.4 Å². The Morgan fingerprint density at radius 3 is 2.65 bits per heavy atom. The van der Waals surface area contributed by atoms with E-state index in [0.717, 1.165) is 17.9 Å². The fourth-order valence-electron chi connectivity index (χ4n) is 4.29. The number of nitrogens with zero attached hydrogens (tertiary/aromatic N) is 3. The summed E-state index contributed by atoms with van der Waals surface area (Å²) in [6.45, 7) is 0.189. The van der Waals surface area contributed by atoms with Crippen molar-refractivity contribution in [1.82, 2.24) is 10.3 Å². The summed E-state index contributed by atoms with van der Waals surface area (Å²) in [4.78, 5) is 20.0. The predicted octanol–water partition coefficient (Wildman–Crippen LogP) is 4.28. The molecule has 3 atom stereocenters. The van der Waals surface area contributed by atoms with Gasteiger partial charge in [0.2, 0.25) is 12.2 Å². The van der Waals surface area contributed by atoms with Crippen molar-refractivity contribution >= 4 is 36.0 Å². The number of anilines is 2. The minimum atomic E-state index is -0.572. The summed E-state index contributed by atoms with van der Waals surface area (Å²) in [5.41, 5.74) is 1.58. The number of pyridine rings is 1. The number of nitrogens with one attached hydrogen (secondary N) is 3. The number of carbonyl (C=O) groups excluding carboxylic acids is 1. The zero-order valence-electron chi connectivity index (χ0n) is 17.0. The summed E-state index contributed by atoms with van der Waals surface area (Å²) >= 11 is 0. The van der Waals surface area contributed by atoms with Gasteiger partial charge in [-0.05, 0) is 48.8 Å². The van der Waals surface area contributed by atoms with E-state index in [9.17, 15) is 4.79 Å². The second-order valence-electron chi connectivity index (χ2n) is 7.73. The smallest absolute Gasteiger partial charge is 0.413 e. The molecule has 0 spiro atoms. The third kappa shape index (κ3) is 6.09. The quantitative estimate of drug-likeness (QED) is 0.363. The van der Waals surface area contributed by atoms with Crippen LogP contribution in [0.5, 0.6) is 0 Å². The number of aliphatic imine (C=N–C) groups is 1. The highest BCUT2D eigenvalue weighted by Gasteiger charge is 2.39. The lowest BCUT2D eigenvalue weighted by Gasteiger charge is -2.24. The van der Waals surface area contributed by atoms with E-state index in [1.807, 2.05) is 36.5 Å². The lowest BCUT2D eigenvalue weighted by molar-refractivity contribution is 0.155. The number of hydrogen-bond donors (Lipinski definition) is 3. The van der Waals surface area contributed by atoms with Crippen LogP contribution in [-0.2, 0) is 11.3 Å². The van der Waals surface area contributed by atoms with E-state index in [-0.39, 0.29) is 19.0 Å². The second kappa shape index (κ2) is 10.6. The number of amides is 1. The maximum atomic E-state index is 11.9. The van der Waals surface area contributed by atoms with Crippen molar-refractivity contribution in [2.24, 2.45) is 16.8 Å². The van der Waals surface area contributed by atoms with Gasteiger partial charge < -0.3 is 15.4 Å². The van der Waals surface area contributed by atoms with Gasteiger partial charge in [-0.1, -0.05) is 36.8 Å². The van der Waals surface area contributed by atoms with Crippen molar-refractivity contribution in [3.8, 4) is 6.19 Å². The zero-order valence-corrected chi connectivity index (χ0v) is 17.8. The number of benzene rings is 1. The number of hydrogen-bond acceptors (Lipinski definition) is 5. The topological polar surface area (TPSA) is 111 Å². The minimum Gasteiger partial charge on any atom is -0.444 e. The van der Waals surface area contributed by atoms with Gasteiger partial charge in [0.15, 0.2) is 0 Å². The standard InChI is InChI=1S/C22H24N6O2.ClH/c23-14-25-21(27-19-11-16-6-7-17(19)10-16)26-18-8-9-20(24-12-18)28-22(29)30-13-15-4-2-1-3-5-15;/h1-5,8-9,12,16-17,19H,6-7,10-11,13H2,(H,24,28,29)(H2,25,26,27);1H. The van der Waals surface area contributed by atoms with Crippen molar-refractivity contribution < 1.29 is 9.53 Å². The van der Waals surface area contributed by atoms with Crippen molar-refractivity contribution in [1.29, 1.82) is 5.26 Å². The lowest BCUT2D eigenvalue weighted by Crippen LogP contribution is -2.42. The molecule has 162 valence electrons. The summed E-state index contributed by atoms with van der Waals surface area (Å²) in [5.74, 6) is 2.26. The van der Waals surface area contributed by atoms with Gasteiger partial charge in [0.25, 0.3) is 0 Å². The summed E-state index contributed by atoms with van der Waals surface area (Å²) in [7, 11) is 0. The Labute approximate surface area is 187 Å². The average Bonchev–Trinajstić information content (AvgIpc) is 3.38. The summed E-state index contributed by atoms with van der Waals surface area (Å²) in [5, 5.41) is 18.1. The van der Waals surface area contributed by atoms with Crippen molar-refractivity contribution in [3.05, 3.63) is 54.2 Å². The highest BCUT2D eigenvalue weighted by Crippen LogP contribution is 2.44. The van der Waals surface area contributed by atoms with Gasteiger partial charge in [0, 0.05) is 6.04 Å². The number of nitriles is 1. The maximum Gasteiger partial charge on any atom is 0.413 e. The number of carbonyl (C=O) groups is 1. The van der Waals surface area contributed by atoms with Crippen LogP contribution in [0.2, 0.25) is 0 Å². The van der Waals surface area contributed by atoms with E-state index >= 15 is 0 Å². The number of aromatic nitrogens is 1. The van der Waals surface area contributed by atoms with Crippen LogP contribution in [0.3, 0.4) is 0 Å². The molecule has 2 aliphatic rings. The third-order valence-corrected chi connectivity index (χ3v) is 5.69. The molecule has 2 saturated carbocycles. The molecule has 3 unspecified atom stereocenters. The Bertz CT molecular complexity index is 945. The highest BCUT2D eigenvalue weighted by molar-refractivity contribution is 5.94. The van der Waals surface area contributed by atoms with E-state index < -0.39 is 6.09 Å². The van der Waals surface area contributed by atoms with Crippen LogP contribution in [0, 0.1) is 23.3 Å². The van der Waals surface area contributed by atoms with E-state index in [2.05, 4.69) is 25.9 Å². The maximum absolute atomic E-state index is 11.9. The normalized spacial score (nSPS) is 21.5. The molecule has 1 amide bonds. The number of guanidine groups is 1. The van der Waals surface area contributed by atoms with Crippen LogP contribution in [-0.4, -0.2) is 23.1 Å². The molecular formula is C22H25ClN6O2. The minimum absolute atomic E-state index is 0. The largest absolute Gasteiger partial charge is 0.444 e. The first-order chi connectivity index (χ1) is 14.7. The Kier molecular flexibility index (Phi) is 7.68. The van der Waals surface area contributed by atoms with E-state index in [1.54, 1.807) is 18.3 Å². The van der Waals surface area contributed by atoms with Crippen LogP contribution in [0.1, 0.15) is 31.2 Å². The molecule has 9 heteroatoms. The molecule has 8 nitrogen and oxygen atoms in total. The molecule has 4 rings (SSSR count). The van der Waals surface area contributed by atoms with Crippen LogP contribution in [0.4, 0.5) is 16.3 Å². The van der Waals surface area contributed by atoms with Crippen LogP contribution < -0.4 is 16.0 Å². The molecule has 3 N–H and O–H groups in total. The molecule has 0 radical (unpaired) electrons. The first kappa shape index (κ1) is 22.4. The molecule has 31 heavy (non-hydrogen) atoms. The summed E-state index contributed by atoms with van der Waals surface area (Å²) in [6.07, 6.45) is 7.78. The Balaban J connectivity index is 0.00000272. The summed E-state index contributed by atoms with van der Waals surface area (Å²) in [6, 6.07) is 13.2. The fourth-order valence-corrected chi connectivity index (χ4v) is 4.29. The Morgan fingerprint density at radius 2 is 2.00 bits per heavy atom. The van der Waals surface area contributed by atoms with Gasteiger partial charge in [-0.3, -0.25) is 5.32 Å². The molecule has 2 aliphatic carbocycles. The molecule has 1 heterocycles. The van der Waals surface area contributed by atoms with Gasteiger partial charge in [0.05, 0.1) is 11.9 Å². The van der Waals surface area contributed by atoms with Crippen molar-refractivity contribution in [2.75, 3.05) is 10.6 Å². The molecule has 2 aromatic rings. The number of fused-ring (bicyclic) bond motifs is 2.